The number of fused-ring (bicyclic) bond motifs is 2. The first-order valence-corrected chi connectivity index (χ1v) is 17.2. The van der Waals surface area contributed by atoms with Gasteiger partial charge in [0.1, 0.15) is 26.8 Å². The van der Waals surface area contributed by atoms with Gasteiger partial charge in [-0.3, -0.25) is 4.79 Å². The van der Waals surface area contributed by atoms with E-state index in [1.54, 1.807) is 12.1 Å². The van der Waals surface area contributed by atoms with Crippen molar-refractivity contribution in [2.45, 2.75) is 74.5 Å². The quantitative estimate of drug-likeness (QED) is 0.164. The topological polar surface area (TPSA) is 158 Å². The van der Waals surface area contributed by atoms with E-state index < -0.39 is 37.0 Å². The molecule has 0 amide bonds. The van der Waals surface area contributed by atoms with Crippen LogP contribution in [0.15, 0.2) is 82.3 Å². The van der Waals surface area contributed by atoms with Gasteiger partial charge in [0.15, 0.2) is 5.71 Å². The summed E-state index contributed by atoms with van der Waals surface area (Å²) in [5.41, 5.74) is 3.51. The second-order valence-corrected chi connectivity index (χ2v) is 14.4. The molecule has 10 nitrogen and oxygen atoms in total. The zero-order valence-corrected chi connectivity index (χ0v) is 30.0. The number of hydrogen-bond acceptors (Lipinski definition) is 8. The molecular formula is C32H37N2NaO8S2. The van der Waals surface area contributed by atoms with Crippen LogP contribution in [0.5, 0.6) is 0 Å². The average Bonchev–Trinajstić information content (AvgIpc) is 3.30. The largest absolute Gasteiger partial charge is 1.00 e. The molecule has 0 radical (unpaired) electrons. The molecule has 0 aliphatic carbocycles. The monoisotopic (exact) mass is 664 g/mol. The Morgan fingerprint density at radius 3 is 2.09 bits per heavy atom. The van der Waals surface area contributed by atoms with Gasteiger partial charge in [0, 0.05) is 47.5 Å². The van der Waals surface area contributed by atoms with Crippen molar-refractivity contribution < 1.29 is 70.0 Å². The summed E-state index contributed by atoms with van der Waals surface area (Å²) >= 11 is 0. The van der Waals surface area contributed by atoms with Gasteiger partial charge in [-0.15, -0.1) is 0 Å². The van der Waals surface area contributed by atoms with Crippen molar-refractivity contribution in [2.24, 2.45) is 0 Å². The smallest absolute Gasteiger partial charge is 0.744 e. The van der Waals surface area contributed by atoms with Crippen molar-refractivity contribution in [3.8, 4) is 0 Å². The minimum atomic E-state index is -4.69. The maximum atomic E-state index is 11.8. The Morgan fingerprint density at radius 1 is 0.933 bits per heavy atom. The van der Waals surface area contributed by atoms with Crippen LogP contribution in [0.4, 0.5) is 11.4 Å². The summed E-state index contributed by atoms with van der Waals surface area (Å²) < 4.78 is 72.6. The third kappa shape index (κ3) is 7.22. The van der Waals surface area contributed by atoms with Crippen molar-refractivity contribution in [1.29, 1.82) is 0 Å². The van der Waals surface area contributed by atoms with E-state index in [4.69, 9.17) is 0 Å². The van der Waals surface area contributed by atoms with E-state index in [1.807, 2.05) is 69.9 Å². The third-order valence-corrected chi connectivity index (χ3v) is 10.2. The summed E-state index contributed by atoms with van der Waals surface area (Å²) in [6.07, 6.45) is 10.2. The standard InChI is InChI=1S/C32H38N2O8S2.Na/c1-6-33-26-17-15-22(43(37,38)39)20-24(26)31(3,4)28(33)12-9-8-10-13-29-32(5,19-11-14-30(35)36)25-21-23(44(40,41)42)16-18-27(25)34(29)7-2;/h8-10,12-13,15-18,20-21H,6-7,11,14,19H2,1-5H3,(H2-,35,36,37,38,39,40,41,42);/q;+1/p-1. The number of likely N-dealkylation sites (N-methyl/N-ethyl adjacent to an activating group) is 1. The minimum absolute atomic E-state index is 0. The first kappa shape index (κ1) is 36.9. The van der Waals surface area contributed by atoms with Gasteiger partial charge < -0.3 is 19.1 Å². The number of carbonyl (C=O) groups is 1. The Labute approximate surface area is 287 Å². The Morgan fingerprint density at radius 2 is 1.53 bits per heavy atom. The van der Waals surface area contributed by atoms with E-state index in [0.717, 1.165) is 28.3 Å². The summed E-state index contributed by atoms with van der Waals surface area (Å²) in [6.45, 7) is 11.0. The Hall–Kier alpha value is -2.58. The molecule has 0 saturated heterocycles. The Bertz CT molecular complexity index is 1840. The molecule has 236 valence electrons. The van der Waals surface area contributed by atoms with Gasteiger partial charge in [0.05, 0.1) is 15.2 Å². The van der Waals surface area contributed by atoms with Crippen LogP contribution >= 0.6 is 0 Å². The molecule has 1 unspecified atom stereocenters. The first-order chi connectivity index (χ1) is 20.5. The molecule has 2 aliphatic rings. The maximum Gasteiger partial charge on any atom is 1.00 e. The predicted octanol–water partition coefficient (Wildman–Crippen LogP) is 1.94. The molecule has 1 N–H and O–H groups in total. The second kappa shape index (κ2) is 13.6. The fourth-order valence-corrected chi connectivity index (χ4v) is 7.39. The van der Waals surface area contributed by atoms with Crippen LogP contribution in [0.25, 0.3) is 0 Å². The van der Waals surface area contributed by atoms with Crippen LogP contribution in [-0.2, 0) is 35.9 Å². The Balaban J connectivity index is 0.00000552. The van der Waals surface area contributed by atoms with E-state index in [-0.39, 0.29) is 45.8 Å². The molecule has 2 aromatic rings. The van der Waals surface area contributed by atoms with Crippen molar-refractivity contribution in [3.63, 3.8) is 0 Å². The Kier molecular flexibility index (Phi) is 11.2. The summed E-state index contributed by atoms with van der Waals surface area (Å²) in [7, 11) is -9.28. The molecule has 13 heteroatoms. The number of nitrogens with zero attached hydrogens (tertiary/aromatic N) is 2. The number of aliphatic carboxylic acids is 1. The van der Waals surface area contributed by atoms with Crippen LogP contribution in [0.3, 0.4) is 0 Å². The van der Waals surface area contributed by atoms with E-state index in [2.05, 4.69) is 4.58 Å². The maximum absolute atomic E-state index is 11.8. The molecule has 45 heavy (non-hydrogen) atoms. The molecule has 0 fully saturated rings. The van der Waals surface area contributed by atoms with Gasteiger partial charge in [-0.1, -0.05) is 18.2 Å². The number of carboxylic acid groups (broad SMARTS) is 1. The molecule has 0 aromatic heterocycles. The van der Waals surface area contributed by atoms with Gasteiger partial charge in [0.2, 0.25) is 5.69 Å². The average molecular weight is 665 g/mol. The summed E-state index contributed by atoms with van der Waals surface area (Å²) in [4.78, 5) is 12.7. The van der Waals surface area contributed by atoms with Gasteiger partial charge >= 0.3 is 35.5 Å². The first-order valence-electron chi connectivity index (χ1n) is 14.4. The fraction of sp³-hybridized carbons (Fsp3) is 0.375. The van der Waals surface area contributed by atoms with Crippen LogP contribution in [0.2, 0.25) is 0 Å². The summed E-state index contributed by atoms with van der Waals surface area (Å²) in [5.74, 6) is -0.924. The van der Waals surface area contributed by atoms with E-state index >= 15 is 0 Å². The molecule has 2 aromatic carbocycles. The van der Waals surface area contributed by atoms with Crippen LogP contribution in [0.1, 0.15) is 65.0 Å². The van der Waals surface area contributed by atoms with Crippen molar-refractivity contribution in [2.75, 3.05) is 18.0 Å². The molecular weight excluding hydrogens is 627 g/mol. The number of carboxylic acids is 1. The van der Waals surface area contributed by atoms with E-state index in [0.29, 0.717) is 31.5 Å². The molecule has 0 bridgehead atoms. The van der Waals surface area contributed by atoms with Crippen molar-refractivity contribution >= 4 is 43.3 Å². The van der Waals surface area contributed by atoms with Crippen LogP contribution in [0, 0.1) is 0 Å². The number of benzene rings is 2. The molecule has 4 rings (SSSR count). The van der Waals surface area contributed by atoms with Gasteiger partial charge in [-0.05, 0) is 89.4 Å². The summed E-state index contributed by atoms with van der Waals surface area (Å²) in [6, 6.07) is 8.79. The fourth-order valence-electron chi connectivity index (χ4n) is 6.39. The molecule has 2 aliphatic heterocycles. The number of rotatable bonds is 11. The number of allylic oxidation sites excluding steroid dienone is 6. The number of anilines is 1. The van der Waals surface area contributed by atoms with E-state index in [1.165, 1.54) is 24.3 Å². The SMILES string of the molecule is CCN1/C(=C/C=C/C=C/C2=[N+](CC)c3ccc(S(=O)(=O)[O-])cc3C2(C)C)C(C)(CCCC(=O)O)c2cc(S(=O)(=O)[O-])ccc21.[Na+]. The molecule has 2 heterocycles. The normalized spacial score (nSPS) is 20.2. The van der Waals surface area contributed by atoms with Crippen LogP contribution < -0.4 is 34.5 Å². The number of hydrogen-bond donors (Lipinski definition) is 1. The van der Waals surface area contributed by atoms with Gasteiger partial charge in [-0.25, -0.2) is 16.8 Å². The van der Waals surface area contributed by atoms with E-state index in [9.17, 15) is 35.8 Å². The van der Waals surface area contributed by atoms with Crippen LogP contribution in [-0.4, -0.2) is 60.4 Å². The van der Waals surface area contributed by atoms with Gasteiger partial charge in [-0.2, -0.15) is 4.58 Å². The zero-order chi connectivity index (χ0) is 32.7. The third-order valence-electron chi connectivity index (χ3n) is 8.58. The summed E-state index contributed by atoms with van der Waals surface area (Å²) in [5, 5.41) is 9.24. The predicted molar refractivity (Wildman–Crippen MR) is 166 cm³/mol. The van der Waals surface area contributed by atoms with Gasteiger partial charge in [0.25, 0.3) is 0 Å². The zero-order valence-electron chi connectivity index (χ0n) is 26.4. The second-order valence-electron chi connectivity index (χ2n) is 11.6. The minimum Gasteiger partial charge on any atom is -0.744 e. The molecule has 0 saturated carbocycles. The van der Waals surface area contributed by atoms with Crippen molar-refractivity contribution in [1.82, 2.24) is 0 Å². The van der Waals surface area contributed by atoms with Crippen molar-refractivity contribution in [3.05, 3.63) is 83.6 Å². The molecule has 0 spiro atoms. The molecule has 1 atom stereocenters.